The Morgan fingerprint density at radius 2 is 1.82 bits per heavy atom. The predicted octanol–water partition coefficient (Wildman–Crippen LogP) is 4.64. The molecule has 6 heteroatoms. The lowest BCUT2D eigenvalue weighted by Gasteiger charge is -2.36. The Morgan fingerprint density at radius 1 is 1.12 bits per heavy atom. The van der Waals surface area contributed by atoms with E-state index in [2.05, 4.69) is 56.7 Å². The van der Waals surface area contributed by atoms with Crippen molar-refractivity contribution < 1.29 is 4.79 Å². The number of hydrogen-bond acceptors (Lipinski definition) is 5. The van der Waals surface area contributed by atoms with E-state index < -0.39 is 0 Å². The van der Waals surface area contributed by atoms with Gasteiger partial charge < -0.3 is 14.7 Å². The molecular weight excluding hydrogens is 410 g/mol. The average Bonchev–Trinajstić information content (AvgIpc) is 2.84. The van der Waals surface area contributed by atoms with Crippen LogP contribution in [0.1, 0.15) is 69.7 Å². The molecule has 33 heavy (non-hydrogen) atoms. The lowest BCUT2D eigenvalue weighted by atomic mass is 9.93. The third kappa shape index (κ3) is 4.99. The van der Waals surface area contributed by atoms with Gasteiger partial charge in [-0.15, -0.1) is 0 Å². The van der Waals surface area contributed by atoms with Crippen molar-refractivity contribution in [3.05, 3.63) is 47.2 Å². The van der Waals surface area contributed by atoms with Crippen molar-refractivity contribution in [1.29, 1.82) is 0 Å². The van der Waals surface area contributed by atoms with E-state index in [1.54, 1.807) is 0 Å². The fraction of sp³-hybridized carbons (Fsp3) is 0.593. The summed E-state index contributed by atoms with van der Waals surface area (Å²) in [5.74, 6) is 2.72. The lowest BCUT2D eigenvalue weighted by Crippen LogP contribution is -2.41. The molecule has 1 aromatic heterocycles. The van der Waals surface area contributed by atoms with Crippen molar-refractivity contribution in [2.24, 2.45) is 5.92 Å². The molecule has 1 atom stereocenters. The van der Waals surface area contributed by atoms with Crippen LogP contribution < -0.4 is 9.80 Å². The molecule has 1 fully saturated rings. The summed E-state index contributed by atoms with van der Waals surface area (Å²) in [6.07, 6.45) is 3.96. The highest BCUT2D eigenvalue weighted by atomic mass is 16.2. The van der Waals surface area contributed by atoms with Crippen molar-refractivity contribution in [3.8, 4) is 0 Å². The smallest absolute Gasteiger partial charge is 0.230 e. The second-order valence-electron chi connectivity index (χ2n) is 10.0. The first-order chi connectivity index (χ1) is 15.9. The van der Waals surface area contributed by atoms with Crippen molar-refractivity contribution >= 4 is 17.7 Å². The highest BCUT2D eigenvalue weighted by molar-refractivity contribution is 5.84. The van der Waals surface area contributed by atoms with E-state index in [4.69, 9.17) is 9.97 Å². The van der Waals surface area contributed by atoms with Gasteiger partial charge in [0.1, 0.15) is 5.82 Å². The largest absolute Gasteiger partial charge is 0.357 e. The number of piperidine rings is 1. The van der Waals surface area contributed by atoms with Gasteiger partial charge in [0, 0.05) is 44.7 Å². The van der Waals surface area contributed by atoms with E-state index in [-0.39, 0.29) is 11.8 Å². The zero-order chi connectivity index (χ0) is 23.5. The van der Waals surface area contributed by atoms with E-state index in [1.165, 1.54) is 12.8 Å². The Labute approximate surface area is 199 Å². The number of nitrogens with zero attached hydrogens (tertiary/aromatic N) is 5. The highest BCUT2D eigenvalue weighted by Gasteiger charge is 2.32. The summed E-state index contributed by atoms with van der Waals surface area (Å²) in [7, 11) is 2.11. The molecule has 1 saturated heterocycles. The van der Waals surface area contributed by atoms with Crippen molar-refractivity contribution in [3.63, 3.8) is 0 Å². The van der Waals surface area contributed by atoms with Gasteiger partial charge in [0.2, 0.25) is 11.9 Å². The van der Waals surface area contributed by atoms with Gasteiger partial charge in [-0.1, -0.05) is 44.2 Å². The van der Waals surface area contributed by atoms with E-state index >= 15 is 0 Å². The zero-order valence-corrected chi connectivity index (χ0v) is 20.9. The molecule has 0 bridgehead atoms. The quantitative estimate of drug-likeness (QED) is 0.643. The molecule has 2 aromatic rings. The second-order valence-corrected chi connectivity index (χ2v) is 10.0. The van der Waals surface area contributed by atoms with Crippen LogP contribution in [0.15, 0.2) is 30.3 Å². The first-order valence-electron chi connectivity index (χ1n) is 12.6. The molecule has 2 aliphatic rings. The van der Waals surface area contributed by atoms with Gasteiger partial charge in [0.25, 0.3) is 0 Å². The first-order valence-corrected chi connectivity index (χ1v) is 12.6. The molecule has 1 amide bonds. The first kappa shape index (κ1) is 23.5. The molecule has 0 aliphatic carbocycles. The standard InChI is InChI=1S/C27H39N5O/c1-6-22(21-10-8-7-9-11-21)26(33)32-17-14-24-23(18-32)25(30(5)19(2)3)29-27(28-24)31-15-12-20(4)13-16-31/h7-11,19-20,22H,6,12-18H2,1-5H3. The maximum absolute atomic E-state index is 13.6. The topological polar surface area (TPSA) is 52.6 Å². The van der Waals surface area contributed by atoms with Crippen LogP contribution in [0.25, 0.3) is 0 Å². The normalized spacial score (nSPS) is 17.8. The van der Waals surface area contributed by atoms with Crippen LogP contribution in [0.2, 0.25) is 0 Å². The third-order valence-corrected chi connectivity index (χ3v) is 7.42. The average molecular weight is 450 g/mol. The minimum atomic E-state index is -0.102. The van der Waals surface area contributed by atoms with Crippen LogP contribution in [0.5, 0.6) is 0 Å². The van der Waals surface area contributed by atoms with Crippen LogP contribution in [0.3, 0.4) is 0 Å². The van der Waals surface area contributed by atoms with Crippen LogP contribution in [-0.4, -0.2) is 53.5 Å². The van der Waals surface area contributed by atoms with E-state index in [0.717, 1.165) is 60.4 Å². The number of fused-ring (bicyclic) bond motifs is 1. The minimum Gasteiger partial charge on any atom is -0.357 e. The van der Waals surface area contributed by atoms with Crippen molar-refractivity contribution in [1.82, 2.24) is 14.9 Å². The second kappa shape index (κ2) is 10.1. The van der Waals surface area contributed by atoms with Gasteiger partial charge in [-0.3, -0.25) is 4.79 Å². The van der Waals surface area contributed by atoms with Crippen LogP contribution >= 0.6 is 0 Å². The maximum Gasteiger partial charge on any atom is 0.230 e. The highest BCUT2D eigenvalue weighted by Crippen LogP contribution is 2.32. The molecule has 1 aromatic carbocycles. The Bertz CT molecular complexity index is 952. The Balaban J connectivity index is 1.63. The summed E-state index contributed by atoms with van der Waals surface area (Å²) in [6.45, 7) is 12.1. The van der Waals surface area contributed by atoms with Crippen LogP contribution in [0, 0.1) is 5.92 Å². The SMILES string of the molecule is CCC(C(=O)N1CCc2nc(N3CCC(C)CC3)nc(N(C)C(C)C)c2C1)c1ccccc1. The monoisotopic (exact) mass is 449 g/mol. The van der Waals surface area contributed by atoms with Gasteiger partial charge in [-0.2, -0.15) is 4.98 Å². The Morgan fingerprint density at radius 3 is 2.45 bits per heavy atom. The number of hydrogen-bond donors (Lipinski definition) is 0. The molecular formula is C27H39N5O. The van der Waals surface area contributed by atoms with Crippen LogP contribution in [-0.2, 0) is 17.8 Å². The fourth-order valence-electron chi connectivity index (χ4n) is 4.92. The summed E-state index contributed by atoms with van der Waals surface area (Å²) in [4.78, 5) is 30.3. The number of carbonyl (C=O) groups excluding carboxylic acids is 1. The molecule has 178 valence electrons. The molecule has 0 saturated carbocycles. The fourth-order valence-corrected chi connectivity index (χ4v) is 4.92. The van der Waals surface area contributed by atoms with E-state index in [0.29, 0.717) is 19.1 Å². The number of anilines is 2. The van der Waals surface area contributed by atoms with E-state index in [9.17, 15) is 4.79 Å². The zero-order valence-electron chi connectivity index (χ0n) is 20.9. The van der Waals surface area contributed by atoms with Gasteiger partial charge in [0.05, 0.1) is 18.2 Å². The molecule has 1 unspecified atom stereocenters. The number of rotatable bonds is 6. The summed E-state index contributed by atoms with van der Waals surface area (Å²) >= 11 is 0. The molecule has 0 radical (unpaired) electrons. The number of carbonyl (C=O) groups is 1. The maximum atomic E-state index is 13.6. The minimum absolute atomic E-state index is 0.102. The van der Waals surface area contributed by atoms with Gasteiger partial charge in [0.15, 0.2) is 0 Å². The number of benzene rings is 1. The third-order valence-electron chi connectivity index (χ3n) is 7.42. The van der Waals surface area contributed by atoms with Crippen molar-refractivity contribution in [2.75, 3.05) is 36.5 Å². The van der Waals surface area contributed by atoms with Crippen molar-refractivity contribution in [2.45, 2.75) is 71.9 Å². The molecule has 0 N–H and O–H groups in total. The van der Waals surface area contributed by atoms with Gasteiger partial charge >= 0.3 is 0 Å². The van der Waals surface area contributed by atoms with Gasteiger partial charge in [-0.05, 0) is 44.6 Å². The molecule has 2 aliphatic heterocycles. The Hall–Kier alpha value is -2.63. The summed E-state index contributed by atoms with van der Waals surface area (Å²) < 4.78 is 0. The van der Waals surface area contributed by atoms with E-state index in [1.807, 2.05) is 23.1 Å². The summed E-state index contributed by atoms with van der Waals surface area (Å²) in [5.41, 5.74) is 3.32. The lowest BCUT2D eigenvalue weighted by molar-refractivity contribution is -0.133. The number of aromatic nitrogens is 2. The predicted molar refractivity (Wildman–Crippen MR) is 135 cm³/mol. The molecule has 0 spiro atoms. The molecule has 3 heterocycles. The Kier molecular flexibility index (Phi) is 7.20. The van der Waals surface area contributed by atoms with Gasteiger partial charge in [-0.25, -0.2) is 4.98 Å². The van der Waals surface area contributed by atoms with Crippen LogP contribution in [0.4, 0.5) is 11.8 Å². The summed E-state index contributed by atoms with van der Waals surface area (Å²) in [5, 5.41) is 0. The molecule has 6 nitrogen and oxygen atoms in total. The number of amides is 1. The molecule has 4 rings (SSSR count). The summed E-state index contributed by atoms with van der Waals surface area (Å²) in [6, 6.07) is 10.5.